The minimum Gasteiger partial charge on any atom is -0.444 e. The second kappa shape index (κ2) is 9.88. The number of hydrogen-bond donors (Lipinski definition) is 1. The number of carbonyl (C=O) groups is 2. The predicted molar refractivity (Wildman–Crippen MR) is 118 cm³/mol. The third-order valence-corrected chi connectivity index (χ3v) is 6.98. The van der Waals surface area contributed by atoms with Crippen LogP contribution in [0.3, 0.4) is 0 Å². The number of hydrogen-bond acceptors (Lipinski definition) is 4. The van der Waals surface area contributed by atoms with Crippen LogP contribution in [0, 0.1) is 0 Å². The minimum absolute atomic E-state index is 0.0197. The molecule has 6 heteroatoms. The van der Waals surface area contributed by atoms with Gasteiger partial charge in [0, 0.05) is 23.6 Å². The van der Waals surface area contributed by atoms with Gasteiger partial charge in [-0.25, -0.2) is 4.79 Å². The zero-order valence-electron chi connectivity index (χ0n) is 17.9. The fourth-order valence-corrected chi connectivity index (χ4v) is 5.26. The minimum atomic E-state index is -0.545. The molecule has 0 radical (unpaired) electrons. The smallest absolute Gasteiger partial charge is 0.410 e. The Kier molecular flexibility index (Phi) is 7.49. The lowest BCUT2D eigenvalue weighted by molar-refractivity contribution is -0.126. The van der Waals surface area contributed by atoms with Crippen molar-refractivity contribution in [2.45, 2.75) is 88.0 Å². The van der Waals surface area contributed by atoms with Gasteiger partial charge in [-0.1, -0.05) is 30.3 Å². The highest BCUT2D eigenvalue weighted by atomic mass is 32.2. The first kappa shape index (κ1) is 22.0. The molecule has 0 unspecified atom stereocenters. The molecule has 1 N–H and O–H groups in total. The van der Waals surface area contributed by atoms with Crippen LogP contribution < -0.4 is 5.32 Å². The number of amides is 2. The fraction of sp³-hybridized carbons (Fsp3) is 0.652. The van der Waals surface area contributed by atoms with Crippen molar-refractivity contribution < 1.29 is 14.3 Å². The first-order chi connectivity index (χ1) is 13.8. The standard InChI is InChI=1S/C23H34N2O3S/c1-23(2,3)28-22(27)25-15-7-10-20(25)21(26)24-18-11-13-19(14-12-18)29-16-17-8-5-4-6-9-17/h4-6,8-9,18-20H,7,10-16H2,1-3H3,(H,24,26)/t18?,19?,20-/m1/s1. The molecule has 2 fully saturated rings. The maximum absolute atomic E-state index is 12.8. The van der Waals surface area contributed by atoms with E-state index in [-0.39, 0.29) is 18.0 Å². The number of thioether (sulfide) groups is 1. The Morgan fingerprint density at radius 2 is 1.79 bits per heavy atom. The van der Waals surface area contributed by atoms with E-state index in [4.69, 9.17) is 4.74 Å². The summed E-state index contributed by atoms with van der Waals surface area (Å²) in [4.78, 5) is 26.8. The molecule has 160 valence electrons. The van der Waals surface area contributed by atoms with E-state index < -0.39 is 11.6 Å². The SMILES string of the molecule is CC(C)(C)OC(=O)N1CCC[C@@H]1C(=O)NC1CCC(SCc2ccccc2)CC1. The first-order valence-corrected chi connectivity index (χ1v) is 11.8. The summed E-state index contributed by atoms with van der Waals surface area (Å²) in [7, 11) is 0. The van der Waals surface area contributed by atoms with Gasteiger partial charge in [-0.15, -0.1) is 0 Å². The highest BCUT2D eigenvalue weighted by Gasteiger charge is 2.37. The van der Waals surface area contributed by atoms with Crippen molar-refractivity contribution in [2.24, 2.45) is 0 Å². The van der Waals surface area contributed by atoms with Crippen molar-refractivity contribution in [1.82, 2.24) is 10.2 Å². The van der Waals surface area contributed by atoms with Crippen molar-refractivity contribution in [3.63, 3.8) is 0 Å². The molecule has 3 rings (SSSR count). The summed E-state index contributed by atoms with van der Waals surface area (Å²) in [6, 6.07) is 10.4. The number of benzene rings is 1. The van der Waals surface area contributed by atoms with E-state index in [2.05, 4.69) is 35.6 Å². The molecule has 0 bridgehead atoms. The Balaban J connectivity index is 1.42. The van der Waals surface area contributed by atoms with Gasteiger partial charge in [0.05, 0.1) is 0 Å². The zero-order valence-corrected chi connectivity index (χ0v) is 18.7. The van der Waals surface area contributed by atoms with Gasteiger partial charge in [0.15, 0.2) is 0 Å². The van der Waals surface area contributed by atoms with E-state index in [9.17, 15) is 9.59 Å². The third-order valence-electron chi connectivity index (χ3n) is 5.53. The molecule has 2 aliphatic rings. The normalized spacial score (nSPS) is 24.9. The molecule has 1 aliphatic heterocycles. The Labute approximate surface area is 178 Å². The van der Waals surface area contributed by atoms with Gasteiger partial charge in [0.1, 0.15) is 11.6 Å². The van der Waals surface area contributed by atoms with Crippen LogP contribution in [0.4, 0.5) is 4.79 Å². The Morgan fingerprint density at radius 1 is 1.10 bits per heavy atom. The van der Waals surface area contributed by atoms with Crippen LogP contribution in [-0.4, -0.2) is 46.4 Å². The van der Waals surface area contributed by atoms with E-state index >= 15 is 0 Å². The summed E-state index contributed by atoms with van der Waals surface area (Å²) in [6.45, 7) is 6.15. The van der Waals surface area contributed by atoms with Crippen molar-refractivity contribution >= 4 is 23.8 Å². The Bertz CT molecular complexity index is 681. The van der Waals surface area contributed by atoms with Gasteiger partial charge in [-0.05, 0) is 64.9 Å². The maximum Gasteiger partial charge on any atom is 0.410 e. The van der Waals surface area contributed by atoms with Crippen LogP contribution in [0.5, 0.6) is 0 Å². The van der Waals surface area contributed by atoms with Crippen LogP contribution in [-0.2, 0) is 15.3 Å². The molecule has 1 aromatic carbocycles. The average molecular weight is 419 g/mol. The molecule has 1 aliphatic carbocycles. The van der Waals surface area contributed by atoms with Gasteiger partial charge in [0.2, 0.25) is 5.91 Å². The average Bonchev–Trinajstić information content (AvgIpc) is 3.17. The summed E-state index contributed by atoms with van der Waals surface area (Å²) >= 11 is 2.02. The Hall–Kier alpha value is -1.69. The summed E-state index contributed by atoms with van der Waals surface area (Å²) in [5, 5.41) is 3.87. The lowest BCUT2D eigenvalue weighted by Gasteiger charge is -2.32. The van der Waals surface area contributed by atoms with Crippen molar-refractivity contribution in [3.8, 4) is 0 Å². The first-order valence-electron chi connectivity index (χ1n) is 10.8. The monoisotopic (exact) mass is 418 g/mol. The summed E-state index contributed by atoms with van der Waals surface area (Å²) < 4.78 is 5.47. The van der Waals surface area contributed by atoms with Crippen LogP contribution in [0.25, 0.3) is 0 Å². The second-order valence-electron chi connectivity index (χ2n) is 9.11. The molecule has 1 aromatic rings. The van der Waals surface area contributed by atoms with Gasteiger partial charge >= 0.3 is 6.09 Å². The molecule has 5 nitrogen and oxygen atoms in total. The van der Waals surface area contributed by atoms with E-state index in [1.54, 1.807) is 4.90 Å². The molecule has 0 aromatic heterocycles. The lowest BCUT2D eigenvalue weighted by Crippen LogP contribution is -2.50. The summed E-state index contributed by atoms with van der Waals surface area (Å²) in [5.41, 5.74) is 0.827. The number of nitrogens with zero attached hydrogens (tertiary/aromatic N) is 1. The van der Waals surface area contributed by atoms with Crippen LogP contribution >= 0.6 is 11.8 Å². The summed E-state index contributed by atoms with van der Waals surface area (Å²) in [6.07, 6.45) is 5.46. The van der Waals surface area contributed by atoms with Crippen LogP contribution in [0.15, 0.2) is 30.3 Å². The van der Waals surface area contributed by atoms with E-state index in [0.29, 0.717) is 18.2 Å². The number of carbonyl (C=O) groups excluding carboxylic acids is 2. The predicted octanol–water partition coefficient (Wildman–Crippen LogP) is 4.75. The number of ether oxygens (including phenoxy) is 1. The highest BCUT2D eigenvalue weighted by molar-refractivity contribution is 7.99. The Morgan fingerprint density at radius 3 is 2.45 bits per heavy atom. The molecule has 1 saturated carbocycles. The van der Waals surface area contributed by atoms with Gasteiger partial charge in [0.25, 0.3) is 0 Å². The van der Waals surface area contributed by atoms with Crippen molar-refractivity contribution in [3.05, 3.63) is 35.9 Å². The van der Waals surface area contributed by atoms with Gasteiger partial charge in [-0.2, -0.15) is 11.8 Å². The molecule has 1 atom stereocenters. The quantitative estimate of drug-likeness (QED) is 0.750. The van der Waals surface area contributed by atoms with E-state index in [0.717, 1.165) is 37.9 Å². The topological polar surface area (TPSA) is 58.6 Å². The molecule has 0 spiro atoms. The van der Waals surface area contributed by atoms with Crippen molar-refractivity contribution in [1.29, 1.82) is 0 Å². The molecule has 29 heavy (non-hydrogen) atoms. The zero-order chi connectivity index (χ0) is 20.9. The van der Waals surface area contributed by atoms with Crippen LogP contribution in [0.1, 0.15) is 64.9 Å². The van der Waals surface area contributed by atoms with Crippen LogP contribution in [0.2, 0.25) is 0 Å². The highest BCUT2D eigenvalue weighted by Crippen LogP contribution is 2.31. The largest absolute Gasteiger partial charge is 0.444 e. The second-order valence-corrected chi connectivity index (χ2v) is 10.4. The molecule has 1 saturated heterocycles. The molecular formula is C23H34N2O3S. The molecule has 1 heterocycles. The molecular weight excluding hydrogens is 384 g/mol. The van der Waals surface area contributed by atoms with Gasteiger partial charge in [-0.3, -0.25) is 9.69 Å². The number of likely N-dealkylation sites (tertiary alicyclic amines) is 1. The maximum atomic E-state index is 12.8. The van der Waals surface area contributed by atoms with Crippen molar-refractivity contribution in [2.75, 3.05) is 6.54 Å². The fourth-order valence-electron chi connectivity index (χ4n) is 4.04. The lowest BCUT2D eigenvalue weighted by atomic mass is 9.94. The third kappa shape index (κ3) is 6.66. The van der Waals surface area contributed by atoms with E-state index in [1.807, 2.05) is 32.5 Å². The number of rotatable bonds is 5. The van der Waals surface area contributed by atoms with Gasteiger partial charge < -0.3 is 10.1 Å². The van der Waals surface area contributed by atoms with E-state index in [1.165, 1.54) is 5.56 Å². The molecule has 2 amide bonds. The summed E-state index contributed by atoms with van der Waals surface area (Å²) in [5.74, 6) is 1.03. The number of nitrogens with one attached hydrogen (secondary N) is 1.